The van der Waals surface area contributed by atoms with Crippen LogP contribution in [-0.2, 0) is 7.05 Å². The Balaban J connectivity index is 1.81. The molecule has 0 fully saturated rings. The lowest BCUT2D eigenvalue weighted by Gasteiger charge is -2.01. The molecule has 116 valence electrons. The molecule has 0 saturated carbocycles. The van der Waals surface area contributed by atoms with E-state index >= 15 is 0 Å². The Hall–Kier alpha value is -2.30. The lowest BCUT2D eigenvalue weighted by atomic mass is 10.2. The number of benzene rings is 1. The van der Waals surface area contributed by atoms with Crippen LogP contribution in [0, 0.1) is 0 Å². The predicted molar refractivity (Wildman–Crippen MR) is 90.7 cm³/mol. The van der Waals surface area contributed by atoms with Crippen molar-refractivity contribution in [3.05, 3.63) is 70.2 Å². The molecule has 0 aliphatic carbocycles. The monoisotopic (exact) mass is 346 g/mol. The van der Waals surface area contributed by atoms with Crippen LogP contribution in [0.5, 0.6) is 0 Å². The summed E-state index contributed by atoms with van der Waals surface area (Å²) in [6.07, 6.45) is 6.23. The zero-order chi connectivity index (χ0) is 16.4. The summed E-state index contributed by atoms with van der Waals surface area (Å²) in [7, 11) is 1.76. The molecule has 0 N–H and O–H groups in total. The van der Waals surface area contributed by atoms with Gasteiger partial charge in [-0.2, -0.15) is 5.10 Å². The molecule has 0 amide bonds. The number of carbonyl (C=O) groups excluding carboxylic acids is 1. The third kappa shape index (κ3) is 3.38. The van der Waals surface area contributed by atoms with Crippen molar-refractivity contribution in [3.8, 4) is 11.3 Å². The second kappa shape index (κ2) is 6.44. The van der Waals surface area contributed by atoms with Crippen LogP contribution in [0.3, 0.4) is 0 Å². The van der Waals surface area contributed by atoms with E-state index in [0.29, 0.717) is 32.7 Å². The highest BCUT2D eigenvalue weighted by molar-refractivity contribution is 6.43. The molecule has 2 aromatic heterocycles. The van der Waals surface area contributed by atoms with Crippen molar-refractivity contribution >= 4 is 35.1 Å². The Labute approximate surface area is 142 Å². The number of hydrogen-bond acceptors (Lipinski definition) is 3. The van der Waals surface area contributed by atoms with Crippen LogP contribution in [0.2, 0.25) is 10.0 Å². The van der Waals surface area contributed by atoms with E-state index < -0.39 is 0 Å². The Morgan fingerprint density at radius 2 is 2.09 bits per heavy atom. The minimum Gasteiger partial charge on any atom is -0.457 e. The molecule has 4 nitrogen and oxygen atoms in total. The van der Waals surface area contributed by atoms with Gasteiger partial charge >= 0.3 is 0 Å². The molecular weight excluding hydrogens is 335 g/mol. The summed E-state index contributed by atoms with van der Waals surface area (Å²) < 4.78 is 7.27. The number of rotatable bonds is 4. The average Bonchev–Trinajstić information content (AvgIpc) is 3.17. The number of halogens is 2. The molecule has 0 bridgehead atoms. The lowest BCUT2D eigenvalue weighted by molar-refractivity contribution is 0.104. The van der Waals surface area contributed by atoms with Crippen molar-refractivity contribution in [1.82, 2.24) is 9.78 Å². The lowest BCUT2D eigenvalue weighted by Crippen LogP contribution is -1.91. The summed E-state index contributed by atoms with van der Waals surface area (Å²) in [4.78, 5) is 12.0. The van der Waals surface area contributed by atoms with Gasteiger partial charge in [-0.05, 0) is 36.4 Å². The minimum absolute atomic E-state index is 0.142. The molecule has 0 atom stereocenters. The van der Waals surface area contributed by atoms with E-state index in [-0.39, 0.29) is 5.78 Å². The number of carbonyl (C=O) groups is 1. The highest BCUT2D eigenvalue weighted by Gasteiger charge is 2.10. The molecule has 3 rings (SSSR count). The first kappa shape index (κ1) is 15.6. The Bertz CT molecular complexity index is 894. The quantitative estimate of drug-likeness (QED) is 0.499. The number of hydrogen-bond donors (Lipinski definition) is 0. The normalized spacial score (nSPS) is 11.3. The zero-order valence-corrected chi connectivity index (χ0v) is 13.7. The van der Waals surface area contributed by atoms with Crippen LogP contribution in [0.15, 0.2) is 53.2 Å². The maximum Gasteiger partial charge on any atom is 0.189 e. The Kier molecular flexibility index (Phi) is 4.37. The molecule has 2 heterocycles. The molecule has 6 heteroatoms. The summed E-state index contributed by atoms with van der Waals surface area (Å²) >= 11 is 12.2. The van der Waals surface area contributed by atoms with Crippen molar-refractivity contribution in [2.24, 2.45) is 7.05 Å². The predicted octanol–water partition coefficient (Wildman–Crippen LogP) is 4.88. The molecule has 0 spiro atoms. The zero-order valence-electron chi connectivity index (χ0n) is 12.2. The second-order valence-corrected chi connectivity index (χ2v) is 5.69. The maximum absolute atomic E-state index is 12.0. The summed E-state index contributed by atoms with van der Waals surface area (Å²) in [5, 5.41) is 4.86. The van der Waals surface area contributed by atoms with Crippen molar-refractivity contribution in [2.75, 3.05) is 0 Å². The number of furan rings is 1. The van der Waals surface area contributed by atoms with Crippen molar-refractivity contribution < 1.29 is 9.21 Å². The molecule has 23 heavy (non-hydrogen) atoms. The smallest absolute Gasteiger partial charge is 0.189 e. The average molecular weight is 347 g/mol. The highest BCUT2D eigenvalue weighted by atomic mass is 35.5. The Morgan fingerprint density at radius 1 is 1.26 bits per heavy atom. The fourth-order valence-corrected chi connectivity index (χ4v) is 2.48. The van der Waals surface area contributed by atoms with Gasteiger partial charge in [0.1, 0.15) is 11.5 Å². The summed E-state index contributed by atoms with van der Waals surface area (Å²) in [5.74, 6) is 0.996. The van der Waals surface area contributed by atoms with Gasteiger partial charge in [0.2, 0.25) is 0 Å². The van der Waals surface area contributed by atoms with Crippen LogP contribution in [0.1, 0.15) is 16.1 Å². The standard InChI is InChI=1S/C17H12Cl2N2O2/c1-21-10-11(9-20-21)15(22)7-5-12-6-8-16(23-12)13-3-2-4-14(18)17(13)19/h2-10H,1H3. The van der Waals surface area contributed by atoms with Gasteiger partial charge in [-0.1, -0.05) is 29.3 Å². The molecule has 0 radical (unpaired) electrons. The molecule has 1 aromatic carbocycles. The van der Waals surface area contributed by atoms with E-state index in [2.05, 4.69) is 5.10 Å². The third-order valence-electron chi connectivity index (χ3n) is 3.23. The van der Waals surface area contributed by atoms with E-state index in [1.165, 1.54) is 12.3 Å². The highest BCUT2D eigenvalue weighted by Crippen LogP contribution is 2.34. The molecule has 0 aliphatic rings. The van der Waals surface area contributed by atoms with Crippen molar-refractivity contribution in [1.29, 1.82) is 0 Å². The number of allylic oxidation sites excluding steroid dienone is 1. The topological polar surface area (TPSA) is 48.0 Å². The fourth-order valence-electron chi connectivity index (χ4n) is 2.08. The molecule has 0 aliphatic heterocycles. The van der Waals surface area contributed by atoms with Gasteiger partial charge in [0.15, 0.2) is 5.78 Å². The summed E-state index contributed by atoms with van der Waals surface area (Å²) in [5.41, 5.74) is 1.23. The minimum atomic E-state index is -0.142. The van der Waals surface area contributed by atoms with Gasteiger partial charge in [-0.15, -0.1) is 0 Å². The van der Waals surface area contributed by atoms with Crippen LogP contribution < -0.4 is 0 Å². The van der Waals surface area contributed by atoms with E-state index in [1.54, 1.807) is 48.3 Å². The van der Waals surface area contributed by atoms with E-state index in [9.17, 15) is 4.79 Å². The van der Waals surface area contributed by atoms with Gasteiger partial charge in [0, 0.05) is 18.8 Å². The first-order valence-electron chi connectivity index (χ1n) is 6.80. The first-order chi connectivity index (χ1) is 11.0. The Morgan fingerprint density at radius 3 is 2.83 bits per heavy atom. The third-order valence-corrected chi connectivity index (χ3v) is 4.05. The van der Waals surface area contributed by atoms with E-state index in [0.717, 1.165) is 0 Å². The number of aryl methyl sites for hydroxylation is 1. The van der Waals surface area contributed by atoms with Gasteiger partial charge < -0.3 is 4.42 Å². The number of nitrogens with zero attached hydrogens (tertiary/aromatic N) is 2. The van der Waals surface area contributed by atoms with Gasteiger partial charge in [0.25, 0.3) is 0 Å². The molecule has 3 aromatic rings. The van der Waals surface area contributed by atoms with Crippen LogP contribution >= 0.6 is 23.2 Å². The van der Waals surface area contributed by atoms with Crippen LogP contribution in [0.25, 0.3) is 17.4 Å². The van der Waals surface area contributed by atoms with E-state index in [4.69, 9.17) is 27.6 Å². The summed E-state index contributed by atoms with van der Waals surface area (Å²) in [6, 6.07) is 8.88. The largest absolute Gasteiger partial charge is 0.457 e. The second-order valence-electron chi connectivity index (χ2n) is 4.90. The van der Waals surface area contributed by atoms with Gasteiger partial charge in [-0.25, -0.2) is 0 Å². The van der Waals surface area contributed by atoms with Gasteiger partial charge in [0.05, 0.1) is 21.8 Å². The number of ketones is 1. The van der Waals surface area contributed by atoms with Crippen LogP contribution in [0.4, 0.5) is 0 Å². The van der Waals surface area contributed by atoms with Crippen molar-refractivity contribution in [2.45, 2.75) is 0 Å². The molecule has 0 unspecified atom stereocenters. The van der Waals surface area contributed by atoms with E-state index in [1.807, 2.05) is 6.07 Å². The maximum atomic E-state index is 12.0. The first-order valence-corrected chi connectivity index (χ1v) is 7.55. The van der Waals surface area contributed by atoms with Crippen molar-refractivity contribution in [3.63, 3.8) is 0 Å². The molecular formula is C17H12Cl2N2O2. The SMILES string of the molecule is Cn1cc(C(=O)C=Cc2ccc(-c3cccc(Cl)c3Cl)o2)cn1. The number of aromatic nitrogens is 2. The molecule has 0 saturated heterocycles. The van der Waals surface area contributed by atoms with Gasteiger partial charge in [-0.3, -0.25) is 9.48 Å². The fraction of sp³-hybridized carbons (Fsp3) is 0.0588. The summed E-state index contributed by atoms with van der Waals surface area (Å²) in [6.45, 7) is 0. The van der Waals surface area contributed by atoms with Crippen LogP contribution in [-0.4, -0.2) is 15.6 Å².